The summed E-state index contributed by atoms with van der Waals surface area (Å²) in [5.41, 5.74) is 0.589. The summed E-state index contributed by atoms with van der Waals surface area (Å²) in [6, 6.07) is 5.12. The number of carbonyl (C=O) groups is 1. The summed E-state index contributed by atoms with van der Waals surface area (Å²) in [4.78, 5) is 15.6. The third kappa shape index (κ3) is 2.83. The predicted molar refractivity (Wildman–Crippen MR) is 68.2 cm³/mol. The van der Waals surface area contributed by atoms with Crippen LogP contribution in [0.25, 0.3) is 0 Å². The molecule has 0 unspecified atom stereocenters. The zero-order valence-electron chi connectivity index (χ0n) is 8.79. The van der Waals surface area contributed by atoms with Crippen molar-refractivity contribution in [2.75, 3.05) is 5.32 Å². The average Bonchev–Trinajstić information content (AvgIpc) is 2.70. The molecule has 1 aromatic heterocycles. The maximum absolute atomic E-state index is 11.7. The van der Waals surface area contributed by atoms with Gasteiger partial charge in [0.2, 0.25) is 5.82 Å². The first-order chi connectivity index (χ1) is 8.06. The second kappa shape index (κ2) is 4.85. The zero-order valence-corrected chi connectivity index (χ0v) is 11.1. The fourth-order valence-electron chi connectivity index (χ4n) is 1.21. The van der Waals surface area contributed by atoms with Gasteiger partial charge in [-0.3, -0.25) is 9.89 Å². The van der Waals surface area contributed by atoms with Gasteiger partial charge in [-0.25, -0.2) is 4.98 Å². The first-order valence-electron chi connectivity index (χ1n) is 4.71. The highest BCUT2D eigenvalue weighted by Gasteiger charge is 2.11. The van der Waals surface area contributed by atoms with Crippen LogP contribution < -0.4 is 5.32 Å². The molecule has 88 valence electrons. The van der Waals surface area contributed by atoms with Crippen molar-refractivity contribution >= 4 is 39.1 Å². The lowest BCUT2D eigenvalue weighted by molar-refractivity contribution is 0.101. The molecule has 0 aliphatic rings. The fraction of sp³-hybridized carbons (Fsp3) is 0.100. The van der Waals surface area contributed by atoms with Crippen LogP contribution in [-0.4, -0.2) is 21.1 Å². The van der Waals surface area contributed by atoms with Crippen LogP contribution >= 0.6 is 27.5 Å². The Labute approximate surface area is 111 Å². The van der Waals surface area contributed by atoms with Crippen LogP contribution in [0.2, 0.25) is 5.02 Å². The van der Waals surface area contributed by atoms with Gasteiger partial charge in [-0.1, -0.05) is 11.6 Å². The Morgan fingerprint density at radius 1 is 1.53 bits per heavy atom. The minimum Gasteiger partial charge on any atom is -0.319 e. The van der Waals surface area contributed by atoms with Gasteiger partial charge >= 0.3 is 0 Å². The average molecular weight is 316 g/mol. The number of rotatable bonds is 2. The van der Waals surface area contributed by atoms with Crippen LogP contribution in [0.15, 0.2) is 22.7 Å². The molecule has 0 aliphatic carbocycles. The van der Waals surface area contributed by atoms with Crippen molar-refractivity contribution < 1.29 is 4.79 Å². The minimum atomic E-state index is -0.382. The first-order valence-corrected chi connectivity index (χ1v) is 5.89. The second-order valence-electron chi connectivity index (χ2n) is 3.33. The molecule has 17 heavy (non-hydrogen) atoms. The lowest BCUT2D eigenvalue weighted by Gasteiger charge is -2.03. The van der Waals surface area contributed by atoms with Crippen molar-refractivity contribution in [3.05, 3.63) is 39.3 Å². The summed E-state index contributed by atoms with van der Waals surface area (Å²) in [6.07, 6.45) is 0. The van der Waals surface area contributed by atoms with E-state index in [0.717, 1.165) is 4.47 Å². The number of amides is 1. The number of halogens is 2. The molecule has 0 fully saturated rings. The van der Waals surface area contributed by atoms with E-state index in [1.165, 1.54) is 0 Å². The van der Waals surface area contributed by atoms with E-state index < -0.39 is 0 Å². The molecule has 0 saturated carbocycles. The van der Waals surface area contributed by atoms with Gasteiger partial charge in [0.05, 0.1) is 5.02 Å². The first kappa shape index (κ1) is 12.1. The van der Waals surface area contributed by atoms with Crippen molar-refractivity contribution in [3.8, 4) is 0 Å². The molecule has 0 saturated heterocycles. The van der Waals surface area contributed by atoms with Gasteiger partial charge in [-0.05, 0) is 41.1 Å². The number of carbonyl (C=O) groups excluding carboxylic acids is 1. The largest absolute Gasteiger partial charge is 0.319 e. The Balaban J connectivity index is 2.15. The second-order valence-corrected chi connectivity index (χ2v) is 4.59. The monoisotopic (exact) mass is 314 g/mol. The maximum atomic E-state index is 11.7. The van der Waals surface area contributed by atoms with Crippen molar-refractivity contribution in [1.82, 2.24) is 15.2 Å². The number of benzene rings is 1. The topological polar surface area (TPSA) is 70.7 Å². The van der Waals surface area contributed by atoms with E-state index >= 15 is 0 Å². The molecule has 1 aromatic carbocycles. The van der Waals surface area contributed by atoms with Crippen LogP contribution in [-0.2, 0) is 0 Å². The Kier molecular flexibility index (Phi) is 3.44. The molecule has 0 bridgehead atoms. The Hall–Kier alpha value is -1.40. The summed E-state index contributed by atoms with van der Waals surface area (Å²) in [7, 11) is 0. The van der Waals surface area contributed by atoms with E-state index in [9.17, 15) is 4.79 Å². The number of anilines is 1. The molecule has 5 nitrogen and oxygen atoms in total. The number of H-pyrrole nitrogens is 1. The minimum absolute atomic E-state index is 0.0986. The number of hydrogen-bond acceptors (Lipinski definition) is 3. The zero-order chi connectivity index (χ0) is 12.4. The van der Waals surface area contributed by atoms with Crippen molar-refractivity contribution in [2.45, 2.75) is 6.92 Å². The SMILES string of the molecule is Cc1nc(C(=O)Nc2ccc(Br)c(Cl)c2)n[nH]1. The standard InChI is InChI=1S/C10H8BrClN4O/c1-5-13-9(16-15-5)10(17)14-6-2-3-7(11)8(12)4-6/h2-4H,1H3,(H,14,17)(H,13,15,16). The Bertz CT molecular complexity index is 569. The van der Waals surface area contributed by atoms with E-state index in [1.807, 2.05) is 0 Å². The lowest BCUT2D eigenvalue weighted by Crippen LogP contribution is -2.13. The number of aromatic amines is 1. The Morgan fingerprint density at radius 2 is 2.29 bits per heavy atom. The molecular formula is C10H8BrClN4O. The molecular weight excluding hydrogens is 307 g/mol. The number of nitrogens with zero attached hydrogens (tertiary/aromatic N) is 2. The third-order valence-corrected chi connectivity index (χ3v) is 3.21. The molecule has 7 heteroatoms. The molecule has 2 rings (SSSR count). The molecule has 2 N–H and O–H groups in total. The molecule has 0 aliphatic heterocycles. The van der Waals surface area contributed by atoms with Crippen LogP contribution in [0.5, 0.6) is 0 Å². The molecule has 1 heterocycles. The predicted octanol–water partition coefficient (Wildman–Crippen LogP) is 2.78. The van der Waals surface area contributed by atoms with Crippen molar-refractivity contribution in [2.24, 2.45) is 0 Å². The molecule has 0 radical (unpaired) electrons. The number of aromatic nitrogens is 3. The van der Waals surface area contributed by atoms with Crippen molar-refractivity contribution in [3.63, 3.8) is 0 Å². The van der Waals surface area contributed by atoms with Gasteiger partial charge in [-0.2, -0.15) is 0 Å². The highest BCUT2D eigenvalue weighted by atomic mass is 79.9. The van der Waals surface area contributed by atoms with Crippen LogP contribution in [0, 0.1) is 6.92 Å². The van der Waals surface area contributed by atoms with E-state index in [2.05, 4.69) is 36.4 Å². The van der Waals surface area contributed by atoms with Gasteiger partial charge in [-0.15, -0.1) is 5.10 Å². The maximum Gasteiger partial charge on any atom is 0.295 e. The summed E-state index contributed by atoms with van der Waals surface area (Å²) >= 11 is 9.18. The van der Waals surface area contributed by atoms with Gasteiger partial charge < -0.3 is 5.32 Å². The van der Waals surface area contributed by atoms with E-state index in [-0.39, 0.29) is 11.7 Å². The smallest absolute Gasteiger partial charge is 0.295 e. The van der Waals surface area contributed by atoms with Crippen LogP contribution in [0.1, 0.15) is 16.4 Å². The van der Waals surface area contributed by atoms with Gasteiger partial charge in [0.1, 0.15) is 5.82 Å². The molecule has 2 aromatic rings. The van der Waals surface area contributed by atoms with Gasteiger partial charge in [0.15, 0.2) is 0 Å². The van der Waals surface area contributed by atoms with Crippen molar-refractivity contribution in [1.29, 1.82) is 0 Å². The third-order valence-electron chi connectivity index (χ3n) is 1.98. The quantitative estimate of drug-likeness (QED) is 0.895. The fourth-order valence-corrected chi connectivity index (χ4v) is 1.63. The number of hydrogen-bond donors (Lipinski definition) is 2. The number of aryl methyl sites for hydroxylation is 1. The molecule has 1 amide bonds. The molecule has 0 atom stereocenters. The number of nitrogens with one attached hydrogen (secondary N) is 2. The lowest BCUT2D eigenvalue weighted by atomic mass is 10.3. The summed E-state index contributed by atoms with van der Waals surface area (Å²) in [5.74, 6) is 0.304. The van der Waals surface area contributed by atoms with E-state index in [4.69, 9.17) is 11.6 Å². The Morgan fingerprint density at radius 3 is 2.88 bits per heavy atom. The summed E-state index contributed by atoms with van der Waals surface area (Å²) in [5, 5.41) is 9.53. The van der Waals surface area contributed by atoms with E-state index in [0.29, 0.717) is 16.5 Å². The van der Waals surface area contributed by atoms with E-state index in [1.54, 1.807) is 25.1 Å². The highest BCUT2D eigenvalue weighted by Crippen LogP contribution is 2.25. The highest BCUT2D eigenvalue weighted by molar-refractivity contribution is 9.10. The van der Waals surface area contributed by atoms with Gasteiger partial charge in [0, 0.05) is 10.2 Å². The summed E-state index contributed by atoms with van der Waals surface area (Å²) in [6.45, 7) is 1.72. The normalized spacial score (nSPS) is 10.3. The van der Waals surface area contributed by atoms with Crippen LogP contribution in [0.3, 0.4) is 0 Å². The van der Waals surface area contributed by atoms with Crippen LogP contribution in [0.4, 0.5) is 5.69 Å². The molecule has 0 spiro atoms. The summed E-state index contributed by atoms with van der Waals surface area (Å²) < 4.78 is 0.769. The van der Waals surface area contributed by atoms with Gasteiger partial charge in [0.25, 0.3) is 5.91 Å².